The van der Waals surface area contributed by atoms with Gasteiger partial charge in [-0.2, -0.15) is 5.10 Å². The molecule has 2 aromatic rings. The molecular formula is C15H20ClN3. The third-order valence-electron chi connectivity index (χ3n) is 3.69. The Hall–Kier alpha value is -1.48. The Morgan fingerprint density at radius 2 is 1.84 bits per heavy atom. The average Bonchev–Trinajstić information content (AvgIpc) is 2.66. The second-order valence-electron chi connectivity index (χ2n) is 5.28. The average molecular weight is 278 g/mol. The van der Waals surface area contributed by atoms with Crippen molar-refractivity contribution >= 4 is 17.4 Å². The van der Waals surface area contributed by atoms with Crippen LogP contribution in [0.2, 0.25) is 5.02 Å². The first-order valence-corrected chi connectivity index (χ1v) is 6.88. The number of rotatable bonds is 3. The molecule has 0 aliphatic heterocycles. The zero-order chi connectivity index (χ0) is 14.2. The summed E-state index contributed by atoms with van der Waals surface area (Å²) in [7, 11) is 1.87. The second kappa shape index (κ2) is 5.25. The molecule has 0 saturated heterocycles. The normalized spacial score (nSPS) is 12.9. The van der Waals surface area contributed by atoms with Crippen LogP contribution in [0.15, 0.2) is 24.3 Å². The maximum absolute atomic E-state index is 6.30. The van der Waals surface area contributed by atoms with E-state index in [4.69, 9.17) is 17.3 Å². The topological polar surface area (TPSA) is 43.8 Å². The molecule has 0 spiro atoms. The lowest BCUT2D eigenvalue weighted by Crippen LogP contribution is -2.05. The van der Waals surface area contributed by atoms with Crippen LogP contribution in [0.5, 0.6) is 0 Å². The molecule has 4 heteroatoms. The van der Waals surface area contributed by atoms with E-state index in [0.717, 1.165) is 16.8 Å². The maximum Gasteiger partial charge on any atom is 0.129 e. The van der Waals surface area contributed by atoms with E-state index in [9.17, 15) is 0 Å². The molecule has 1 atom stereocenters. The Labute approximate surface area is 119 Å². The summed E-state index contributed by atoms with van der Waals surface area (Å²) >= 11 is 6.30. The van der Waals surface area contributed by atoms with E-state index in [1.165, 1.54) is 0 Å². The number of aryl methyl sites for hydroxylation is 1. The quantitative estimate of drug-likeness (QED) is 0.919. The van der Waals surface area contributed by atoms with Crippen molar-refractivity contribution in [3.8, 4) is 11.1 Å². The minimum Gasteiger partial charge on any atom is -0.383 e. The van der Waals surface area contributed by atoms with Crippen molar-refractivity contribution in [3.05, 3.63) is 35.0 Å². The van der Waals surface area contributed by atoms with Crippen LogP contribution in [0.3, 0.4) is 0 Å². The third-order valence-corrected chi connectivity index (χ3v) is 4.02. The van der Waals surface area contributed by atoms with Gasteiger partial charge in [0.15, 0.2) is 0 Å². The van der Waals surface area contributed by atoms with Crippen molar-refractivity contribution in [2.24, 2.45) is 13.0 Å². The zero-order valence-electron chi connectivity index (χ0n) is 11.8. The molecule has 1 unspecified atom stereocenters. The first-order chi connectivity index (χ1) is 8.93. The van der Waals surface area contributed by atoms with Gasteiger partial charge in [-0.1, -0.05) is 50.6 Å². The summed E-state index contributed by atoms with van der Waals surface area (Å²) in [5.74, 6) is 1.49. The maximum atomic E-state index is 6.30. The number of benzene rings is 1. The highest BCUT2D eigenvalue weighted by Gasteiger charge is 2.23. The lowest BCUT2D eigenvalue weighted by atomic mass is 9.90. The lowest BCUT2D eigenvalue weighted by molar-refractivity contribution is 0.517. The van der Waals surface area contributed by atoms with Crippen molar-refractivity contribution in [1.82, 2.24) is 9.78 Å². The van der Waals surface area contributed by atoms with Crippen LogP contribution in [0.4, 0.5) is 5.82 Å². The van der Waals surface area contributed by atoms with E-state index in [2.05, 4.69) is 25.9 Å². The Morgan fingerprint density at radius 1 is 1.21 bits per heavy atom. The standard InChI is InChI=1S/C15H20ClN3/c1-9(2)10(3)14-13(15(17)19(4)18-14)11-7-5-6-8-12(11)16/h5-10H,17H2,1-4H3. The molecule has 0 bridgehead atoms. The van der Waals surface area contributed by atoms with Gasteiger partial charge < -0.3 is 5.73 Å². The monoisotopic (exact) mass is 277 g/mol. The van der Waals surface area contributed by atoms with Crippen molar-refractivity contribution < 1.29 is 0 Å². The number of aromatic nitrogens is 2. The van der Waals surface area contributed by atoms with E-state index in [0.29, 0.717) is 22.7 Å². The highest BCUT2D eigenvalue weighted by molar-refractivity contribution is 6.33. The molecule has 1 aromatic heterocycles. The van der Waals surface area contributed by atoms with Gasteiger partial charge in [0.2, 0.25) is 0 Å². The fourth-order valence-corrected chi connectivity index (χ4v) is 2.36. The molecule has 0 radical (unpaired) electrons. The van der Waals surface area contributed by atoms with Gasteiger partial charge in [0.1, 0.15) is 5.82 Å². The summed E-state index contributed by atoms with van der Waals surface area (Å²) in [6.45, 7) is 6.55. The summed E-state index contributed by atoms with van der Waals surface area (Å²) in [5, 5.41) is 5.29. The van der Waals surface area contributed by atoms with Gasteiger partial charge in [-0.25, -0.2) is 0 Å². The summed E-state index contributed by atoms with van der Waals surface area (Å²) < 4.78 is 1.73. The van der Waals surface area contributed by atoms with Crippen LogP contribution in [-0.4, -0.2) is 9.78 Å². The molecule has 2 rings (SSSR count). The Balaban J connectivity index is 2.66. The Bertz CT molecular complexity index is 587. The SMILES string of the molecule is CC(C)C(C)c1nn(C)c(N)c1-c1ccccc1Cl. The van der Waals surface area contributed by atoms with E-state index in [1.54, 1.807) is 4.68 Å². The molecule has 2 N–H and O–H groups in total. The molecule has 0 aliphatic rings. The predicted molar refractivity (Wildman–Crippen MR) is 81.3 cm³/mol. The minimum absolute atomic E-state index is 0.328. The van der Waals surface area contributed by atoms with Crippen molar-refractivity contribution in [3.63, 3.8) is 0 Å². The number of anilines is 1. The fourth-order valence-electron chi connectivity index (χ4n) is 2.13. The van der Waals surface area contributed by atoms with Gasteiger partial charge in [-0.05, 0) is 12.0 Å². The number of nitrogen functional groups attached to an aromatic ring is 1. The van der Waals surface area contributed by atoms with Crippen LogP contribution < -0.4 is 5.73 Å². The molecule has 0 fully saturated rings. The van der Waals surface area contributed by atoms with Crippen molar-refractivity contribution in [2.75, 3.05) is 5.73 Å². The third kappa shape index (κ3) is 2.47. The van der Waals surface area contributed by atoms with Crippen molar-refractivity contribution in [2.45, 2.75) is 26.7 Å². The molecule has 0 saturated carbocycles. The minimum atomic E-state index is 0.328. The van der Waals surface area contributed by atoms with Gasteiger partial charge >= 0.3 is 0 Å². The Kier molecular flexibility index (Phi) is 3.85. The number of hydrogen-bond acceptors (Lipinski definition) is 2. The summed E-state index contributed by atoms with van der Waals surface area (Å²) in [5.41, 5.74) is 9.12. The van der Waals surface area contributed by atoms with Crippen LogP contribution in [0.25, 0.3) is 11.1 Å². The van der Waals surface area contributed by atoms with E-state index >= 15 is 0 Å². The van der Waals surface area contributed by atoms with Crippen LogP contribution in [0.1, 0.15) is 32.4 Å². The summed E-state index contributed by atoms with van der Waals surface area (Å²) in [4.78, 5) is 0. The van der Waals surface area contributed by atoms with E-state index < -0.39 is 0 Å². The number of nitrogens with zero attached hydrogens (tertiary/aromatic N) is 2. The second-order valence-corrected chi connectivity index (χ2v) is 5.69. The highest BCUT2D eigenvalue weighted by Crippen LogP contribution is 2.39. The number of nitrogens with two attached hydrogens (primary N) is 1. The number of halogens is 1. The summed E-state index contributed by atoms with van der Waals surface area (Å²) in [6.07, 6.45) is 0. The number of hydrogen-bond donors (Lipinski definition) is 1. The highest BCUT2D eigenvalue weighted by atomic mass is 35.5. The molecule has 19 heavy (non-hydrogen) atoms. The fraction of sp³-hybridized carbons (Fsp3) is 0.400. The molecule has 0 aliphatic carbocycles. The van der Waals surface area contributed by atoms with Crippen molar-refractivity contribution in [1.29, 1.82) is 0 Å². The van der Waals surface area contributed by atoms with Gasteiger partial charge in [0, 0.05) is 29.1 Å². The Morgan fingerprint density at radius 3 is 2.42 bits per heavy atom. The first kappa shape index (κ1) is 13.9. The summed E-state index contributed by atoms with van der Waals surface area (Å²) in [6, 6.07) is 7.76. The molecule has 0 amide bonds. The van der Waals surface area contributed by atoms with Gasteiger partial charge in [0.25, 0.3) is 0 Å². The molecule has 1 heterocycles. The van der Waals surface area contributed by atoms with Crippen LogP contribution in [0, 0.1) is 5.92 Å². The molecule has 1 aromatic carbocycles. The van der Waals surface area contributed by atoms with E-state index in [-0.39, 0.29) is 0 Å². The molecule has 102 valence electrons. The van der Waals surface area contributed by atoms with Gasteiger partial charge in [0.05, 0.1) is 5.69 Å². The van der Waals surface area contributed by atoms with Gasteiger partial charge in [-0.15, -0.1) is 0 Å². The molecule has 3 nitrogen and oxygen atoms in total. The van der Waals surface area contributed by atoms with Crippen LogP contribution >= 0.6 is 11.6 Å². The predicted octanol–water partition coefficient (Wildman–Crippen LogP) is 4.08. The largest absolute Gasteiger partial charge is 0.383 e. The first-order valence-electron chi connectivity index (χ1n) is 6.50. The smallest absolute Gasteiger partial charge is 0.129 e. The molecular weight excluding hydrogens is 258 g/mol. The van der Waals surface area contributed by atoms with E-state index in [1.807, 2.05) is 31.3 Å². The van der Waals surface area contributed by atoms with Crippen LogP contribution in [-0.2, 0) is 7.05 Å². The van der Waals surface area contributed by atoms with Gasteiger partial charge in [-0.3, -0.25) is 4.68 Å². The zero-order valence-corrected chi connectivity index (χ0v) is 12.6. The lowest BCUT2D eigenvalue weighted by Gasteiger charge is -2.15.